The van der Waals surface area contributed by atoms with Crippen molar-refractivity contribution in [2.24, 2.45) is 0 Å². The summed E-state index contributed by atoms with van der Waals surface area (Å²) in [5, 5.41) is 4.60. The summed E-state index contributed by atoms with van der Waals surface area (Å²) in [6, 6.07) is 43.1. The zero-order chi connectivity index (χ0) is 26.8. The maximum Gasteiger partial charge on any atom is 0.135 e. The van der Waals surface area contributed by atoms with Gasteiger partial charge in [-0.2, -0.15) is 0 Å². The molecule has 0 aliphatic heterocycles. The minimum absolute atomic E-state index is 0.920. The van der Waals surface area contributed by atoms with Crippen LogP contribution < -0.4 is 0 Å². The molecule has 0 saturated carbocycles. The Morgan fingerprint density at radius 3 is 1.20 bits per heavy atom. The summed E-state index contributed by atoms with van der Waals surface area (Å²) in [6.45, 7) is 4.39. The van der Waals surface area contributed by atoms with Crippen molar-refractivity contribution in [1.29, 1.82) is 0 Å². The van der Waals surface area contributed by atoms with Crippen LogP contribution in [-0.2, 0) is 0 Å². The molecule has 2 heteroatoms. The van der Waals surface area contributed by atoms with Gasteiger partial charge >= 0.3 is 0 Å². The van der Waals surface area contributed by atoms with Gasteiger partial charge in [0.2, 0.25) is 0 Å². The predicted octanol–water partition coefficient (Wildman–Crippen LogP) is 11.1. The van der Waals surface area contributed by atoms with Crippen LogP contribution >= 0.6 is 0 Å². The third-order valence-corrected chi connectivity index (χ3v) is 8.19. The second-order valence-electron chi connectivity index (χ2n) is 10.7. The highest BCUT2D eigenvalue weighted by molar-refractivity contribution is 6.07. The van der Waals surface area contributed by atoms with Crippen LogP contribution in [0.3, 0.4) is 0 Å². The van der Waals surface area contributed by atoms with Gasteiger partial charge in [-0.25, -0.2) is 0 Å². The van der Waals surface area contributed by atoms with Crippen molar-refractivity contribution in [3.63, 3.8) is 0 Å². The van der Waals surface area contributed by atoms with E-state index >= 15 is 0 Å². The molecule has 2 heterocycles. The van der Waals surface area contributed by atoms with Gasteiger partial charge in [0.05, 0.1) is 0 Å². The molecule has 0 radical (unpaired) electrons. The molecule has 6 aromatic carbocycles. The van der Waals surface area contributed by atoms with Crippen LogP contribution in [0.2, 0.25) is 0 Å². The van der Waals surface area contributed by atoms with Gasteiger partial charge in [0, 0.05) is 21.5 Å². The van der Waals surface area contributed by atoms with Gasteiger partial charge < -0.3 is 8.83 Å². The summed E-state index contributed by atoms with van der Waals surface area (Å²) in [7, 11) is 0. The van der Waals surface area contributed by atoms with Crippen LogP contribution in [0.4, 0.5) is 0 Å². The van der Waals surface area contributed by atoms with Gasteiger partial charge in [-0.05, 0) is 107 Å². The van der Waals surface area contributed by atoms with E-state index in [4.69, 9.17) is 8.83 Å². The minimum atomic E-state index is 0.920. The molecule has 0 saturated heterocycles. The maximum absolute atomic E-state index is 6.07. The molecule has 0 N–H and O–H groups in total. The molecule has 2 aromatic heterocycles. The maximum atomic E-state index is 6.07. The second-order valence-corrected chi connectivity index (χ2v) is 10.7. The lowest BCUT2D eigenvalue weighted by Crippen LogP contribution is -1.90. The zero-order valence-electron chi connectivity index (χ0n) is 22.4. The fraction of sp³-hybridized carbons (Fsp3) is 0.0526. The number of hydrogen-bond acceptors (Lipinski definition) is 2. The van der Waals surface area contributed by atoms with E-state index in [1.165, 1.54) is 44.5 Å². The smallest absolute Gasteiger partial charge is 0.135 e. The molecular formula is C38H26O2. The Morgan fingerprint density at radius 2 is 0.725 bits per heavy atom. The van der Waals surface area contributed by atoms with Crippen molar-refractivity contribution in [3.8, 4) is 33.4 Å². The second kappa shape index (κ2) is 8.72. The van der Waals surface area contributed by atoms with E-state index in [1.54, 1.807) is 0 Å². The SMILES string of the molecule is Cc1ccc(-c2ccc3oc4ccccc4c3c2)cc1-c1cc(-c2ccc3oc4ccccc4c3c2)ccc1C. The van der Waals surface area contributed by atoms with E-state index in [-0.39, 0.29) is 0 Å². The van der Waals surface area contributed by atoms with Crippen LogP contribution in [0.5, 0.6) is 0 Å². The summed E-state index contributed by atoms with van der Waals surface area (Å²) in [5.74, 6) is 0. The van der Waals surface area contributed by atoms with E-state index in [0.717, 1.165) is 43.9 Å². The fourth-order valence-electron chi connectivity index (χ4n) is 5.99. The summed E-state index contributed by atoms with van der Waals surface area (Å²) < 4.78 is 12.1. The molecule has 0 fully saturated rings. The molecule has 0 bridgehead atoms. The molecule has 0 spiro atoms. The zero-order valence-corrected chi connectivity index (χ0v) is 22.4. The standard InChI is InChI=1S/C38H26O2/c1-23-11-13-25(27-15-17-37-33(21-27)29-7-3-5-9-35(29)39-37)19-31(23)32-20-26(14-12-24(32)2)28-16-18-38-34(22-28)30-8-4-6-10-36(30)40-38/h3-22H,1-2H3. The van der Waals surface area contributed by atoms with Crippen molar-refractivity contribution in [3.05, 3.63) is 132 Å². The molecule has 190 valence electrons. The first-order chi connectivity index (χ1) is 19.6. The number of para-hydroxylation sites is 2. The first-order valence-corrected chi connectivity index (χ1v) is 13.7. The van der Waals surface area contributed by atoms with Crippen LogP contribution in [0, 0.1) is 13.8 Å². The third-order valence-electron chi connectivity index (χ3n) is 8.19. The highest BCUT2D eigenvalue weighted by Gasteiger charge is 2.13. The number of fused-ring (bicyclic) bond motifs is 6. The van der Waals surface area contributed by atoms with E-state index in [9.17, 15) is 0 Å². The van der Waals surface area contributed by atoms with Crippen LogP contribution in [0.15, 0.2) is 130 Å². The van der Waals surface area contributed by atoms with E-state index < -0.39 is 0 Å². The molecule has 0 unspecified atom stereocenters. The van der Waals surface area contributed by atoms with Crippen molar-refractivity contribution in [2.75, 3.05) is 0 Å². The molecule has 0 aliphatic carbocycles. The lowest BCUT2D eigenvalue weighted by Gasteiger charge is -2.14. The summed E-state index contributed by atoms with van der Waals surface area (Å²) in [5.41, 5.74) is 13.5. The van der Waals surface area contributed by atoms with E-state index in [2.05, 4.69) is 111 Å². The number of hydrogen-bond donors (Lipinski definition) is 0. The van der Waals surface area contributed by atoms with Crippen LogP contribution in [0.1, 0.15) is 11.1 Å². The van der Waals surface area contributed by atoms with Crippen molar-refractivity contribution >= 4 is 43.9 Å². The van der Waals surface area contributed by atoms with Crippen LogP contribution in [-0.4, -0.2) is 0 Å². The Morgan fingerprint density at radius 1 is 0.350 bits per heavy atom. The molecule has 8 rings (SSSR count). The largest absolute Gasteiger partial charge is 0.456 e. The van der Waals surface area contributed by atoms with Crippen molar-refractivity contribution < 1.29 is 8.83 Å². The Labute approximate surface area is 232 Å². The Kier molecular flexibility index (Phi) is 4.99. The molecular weight excluding hydrogens is 488 g/mol. The Balaban J connectivity index is 1.24. The lowest BCUT2D eigenvalue weighted by atomic mass is 9.90. The van der Waals surface area contributed by atoms with Gasteiger partial charge in [0.1, 0.15) is 22.3 Å². The summed E-state index contributed by atoms with van der Waals surface area (Å²) >= 11 is 0. The Hall–Kier alpha value is -5.08. The molecule has 8 aromatic rings. The minimum Gasteiger partial charge on any atom is -0.456 e. The highest BCUT2D eigenvalue weighted by atomic mass is 16.3. The highest BCUT2D eigenvalue weighted by Crippen LogP contribution is 2.38. The predicted molar refractivity (Wildman–Crippen MR) is 167 cm³/mol. The molecule has 0 atom stereocenters. The van der Waals surface area contributed by atoms with Crippen molar-refractivity contribution in [1.82, 2.24) is 0 Å². The monoisotopic (exact) mass is 514 g/mol. The number of benzene rings is 6. The number of furan rings is 2. The Bertz CT molecular complexity index is 2080. The normalized spacial score (nSPS) is 11.8. The fourth-order valence-corrected chi connectivity index (χ4v) is 5.99. The quantitative estimate of drug-likeness (QED) is 0.234. The van der Waals surface area contributed by atoms with Gasteiger partial charge in [-0.3, -0.25) is 0 Å². The third kappa shape index (κ3) is 3.57. The van der Waals surface area contributed by atoms with Gasteiger partial charge in [-0.1, -0.05) is 72.8 Å². The van der Waals surface area contributed by atoms with Gasteiger partial charge in [0.25, 0.3) is 0 Å². The summed E-state index contributed by atoms with van der Waals surface area (Å²) in [4.78, 5) is 0. The number of rotatable bonds is 3. The van der Waals surface area contributed by atoms with E-state index in [1.807, 2.05) is 24.3 Å². The van der Waals surface area contributed by atoms with Crippen LogP contribution in [0.25, 0.3) is 77.3 Å². The van der Waals surface area contributed by atoms with Gasteiger partial charge in [0.15, 0.2) is 0 Å². The molecule has 40 heavy (non-hydrogen) atoms. The first kappa shape index (κ1) is 22.9. The average molecular weight is 515 g/mol. The van der Waals surface area contributed by atoms with Gasteiger partial charge in [-0.15, -0.1) is 0 Å². The lowest BCUT2D eigenvalue weighted by molar-refractivity contribution is 0.668. The summed E-state index contributed by atoms with van der Waals surface area (Å²) in [6.07, 6.45) is 0. The van der Waals surface area contributed by atoms with Crippen molar-refractivity contribution in [2.45, 2.75) is 13.8 Å². The first-order valence-electron chi connectivity index (χ1n) is 13.7. The molecule has 0 aliphatic rings. The number of aryl methyl sites for hydroxylation is 2. The molecule has 0 amide bonds. The van der Waals surface area contributed by atoms with E-state index in [0.29, 0.717) is 0 Å². The topological polar surface area (TPSA) is 26.3 Å². The average Bonchev–Trinajstić information content (AvgIpc) is 3.55. The molecule has 2 nitrogen and oxygen atoms in total.